The molecule has 0 aliphatic heterocycles. The number of unbranched alkanes of at least 4 members (excludes halogenated alkanes) is 1. The summed E-state index contributed by atoms with van der Waals surface area (Å²) in [6, 6.07) is 4.81. The first-order valence-electron chi connectivity index (χ1n) is 5.72. The maximum atomic E-state index is 5.69. The largest absolute Gasteiger partial charge is 0.468 e. The zero-order valence-corrected chi connectivity index (χ0v) is 9.75. The van der Waals surface area contributed by atoms with Gasteiger partial charge in [0, 0.05) is 11.9 Å². The van der Waals surface area contributed by atoms with Crippen LogP contribution in [0.3, 0.4) is 0 Å². The van der Waals surface area contributed by atoms with Gasteiger partial charge in [0.1, 0.15) is 5.76 Å². The molecule has 0 spiro atoms. The molecule has 0 N–H and O–H groups in total. The van der Waals surface area contributed by atoms with Crippen LogP contribution in [0.25, 0.3) is 0 Å². The standard InChI is InChI=1S/C12H18ClNO/c13-7-1-2-8-14(11-5-6-11)10-12-4-3-9-15-12/h3-4,9,11H,1-2,5-8,10H2. The highest BCUT2D eigenvalue weighted by atomic mass is 35.5. The fourth-order valence-corrected chi connectivity index (χ4v) is 2.03. The van der Waals surface area contributed by atoms with Gasteiger partial charge in [-0.15, -0.1) is 11.6 Å². The molecule has 1 saturated carbocycles. The van der Waals surface area contributed by atoms with Crippen LogP contribution in [0.5, 0.6) is 0 Å². The fraction of sp³-hybridized carbons (Fsp3) is 0.667. The van der Waals surface area contributed by atoms with E-state index in [1.807, 2.05) is 6.07 Å². The molecule has 1 heterocycles. The molecule has 1 aliphatic rings. The van der Waals surface area contributed by atoms with Crippen LogP contribution in [-0.2, 0) is 6.54 Å². The molecule has 1 aromatic heterocycles. The average Bonchev–Trinajstić information content (AvgIpc) is 2.97. The smallest absolute Gasteiger partial charge is 0.117 e. The number of halogens is 1. The molecule has 84 valence electrons. The molecule has 0 unspecified atom stereocenters. The Labute approximate surface area is 96.2 Å². The van der Waals surface area contributed by atoms with Crippen molar-refractivity contribution >= 4 is 11.6 Å². The summed E-state index contributed by atoms with van der Waals surface area (Å²) in [4.78, 5) is 2.52. The van der Waals surface area contributed by atoms with Gasteiger partial charge in [0.15, 0.2) is 0 Å². The molecule has 0 radical (unpaired) electrons. The third-order valence-electron chi connectivity index (χ3n) is 2.83. The van der Waals surface area contributed by atoms with E-state index in [0.29, 0.717) is 0 Å². The van der Waals surface area contributed by atoms with Crippen molar-refractivity contribution in [1.82, 2.24) is 4.90 Å². The highest BCUT2D eigenvalue weighted by molar-refractivity contribution is 6.17. The van der Waals surface area contributed by atoms with Crippen LogP contribution in [0.4, 0.5) is 0 Å². The van der Waals surface area contributed by atoms with Gasteiger partial charge in [-0.05, 0) is 44.4 Å². The van der Waals surface area contributed by atoms with E-state index in [4.69, 9.17) is 16.0 Å². The lowest BCUT2D eigenvalue weighted by molar-refractivity contribution is 0.230. The predicted molar refractivity (Wildman–Crippen MR) is 62.1 cm³/mol. The molecular weight excluding hydrogens is 210 g/mol. The van der Waals surface area contributed by atoms with E-state index in [1.165, 1.54) is 19.3 Å². The summed E-state index contributed by atoms with van der Waals surface area (Å²) in [5.41, 5.74) is 0. The van der Waals surface area contributed by atoms with E-state index in [-0.39, 0.29) is 0 Å². The first-order valence-corrected chi connectivity index (χ1v) is 6.26. The second-order valence-corrected chi connectivity index (χ2v) is 4.56. The highest BCUT2D eigenvalue weighted by Gasteiger charge is 2.28. The summed E-state index contributed by atoms with van der Waals surface area (Å²) >= 11 is 5.69. The predicted octanol–water partition coefficient (Wildman–Crippen LogP) is 3.26. The second kappa shape index (κ2) is 5.57. The molecule has 0 amide bonds. The molecular formula is C12H18ClNO. The first-order chi connectivity index (χ1) is 7.40. The van der Waals surface area contributed by atoms with Gasteiger partial charge in [-0.25, -0.2) is 0 Å². The number of hydrogen-bond acceptors (Lipinski definition) is 2. The Bertz CT molecular complexity index is 269. The van der Waals surface area contributed by atoms with Crippen molar-refractivity contribution in [2.24, 2.45) is 0 Å². The van der Waals surface area contributed by atoms with Crippen LogP contribution in [0.1, 0.15) is 31.4 Å². The minimum absolute atomic E-state index is 0.777. The molecule has 1 fully saturated rings. The minimum Gasteiger partial charge on any atom is -0.468 e. The van der Waals surface area contributed by atoms with Crippen LogP contribution in [0.2, 0.25) is 0 Å². The summed E-state index contributed by atoms with van der Waals surface area (Å²) in [6.45, 7) is 2.11. The summed E-state index contributed by atoms with van der Waals surface area (Å²) in [7, 11) is 0. The molecule has 0 saturated heterocycles. The van der Waals surface area contributed by atoms with E-state index in [0.717, 1.165) is 37.2 Å². The average molecular weight is 228 g/mol. The van der Waals surface area contributed by atoms with Crippen LogP contribution in [0.15, 0.2) is 22.8 Å². The topological polar surface area (TPSA) is 16.4 Å². The zero-order chi connectivity index (χ0) is 10.5. The van der Waals surface area contributed by atoms with Gasteiger partial charge >= 0.3 is 0 Å². The van der Waals surface area contributed by atoms with Crippen molar-refractivity contribution < 1.29 is 4.42 Å². The van der Waals surface area contributed by atoms with Gasteiger partial charge in [0.25, 0.3) is 0 Å². The van der Waals surface area contributed by atoms with Gasteiger partial charge < -0.3 is 4.42 Å². The van der Waals surface area contributed by atoms with Crippen LogP contribution in [-0.4, -0.2) is 23.4 Å². The summed E-state index contributed by atoms with van der Waals surface area (Å²) in [6.07, 6.45) is 6.76. The van der Waals surface area contributed by atoms with Crippen LogP contribution >= 0.6 is 11.6 Å². The maximum Gasteiger partial charge on any atom is 0.117 e. The van der Waals surface area contributed by atoms with Gasteiger partial charge in [0.05, 0.1) is 12.8 Å². The third-order valence-corrected chi connectivity index (χ3v) is 3.10. The van der Waals surface area contributed by atoms with Crippen molar-refractivity contribution in [3.8, 4) is 0 Å². The molecule has 2 rings (SSSR count). The normalized spacial score (nSPS) is 16.1. The number of furan rings is 1. The quantitative estimate of drug-likeness (QED) is 0.525. The maximum absolute atomic E-state index is 5.69. The fourth-order valence-electron chi connectivity index (χ4n) is 1.84. The Hall–Kier alpha value is -0.470. The minimum atomic E-state index is 0.777. The molecule has 0 atom stereocenters. The number of nitrogens with zero attached hydrogens (tertiary/aromatic N) is 1. The Balaban J connectivity index is 1.78. The van der Waals surface area contributed by atoms with Crippen LogP contribution < -0.4 is 0 Å². The van der Waals surface area contributed by atoms with E-state index in [1.54, 1.807) is 6.26 Å². The molecule has 2 nitrogen and oxygen atoms in total. The Morgan fingerprint density at radius 3 is 2.87 bits per heavy atom. The number of hydrogen-bond donors (Lipinski definition) is 0. The summed E-state index contributed by atoms with van der Waals surface area (Å²) in [5, 5.41) is 0. The van der Waals surface area contributed by atoms with Gasteiger partial charge in [-0.1, -0.05) is 0 Å². The molecule has 15 heavy (non-hydrogen) atoms. The van der Waals surface area contributed by atoms with Crippen molar-refractivity contribution in [2.45, 2.75) is 38.3 Å². The number of rotatable bonds is 7. The molecule has 0 aromatic carbocycles. The van der Waals surface area contributed by atoms with Crippen molar-refractivity contribution in [3.63, 3.8) is 0 Å². The van der Waals surface area contributed by atoms with E-state index in [9.17, 15) is 0 Å². The third kappa shape index (κ3) is 3.54. The molecule has 1 aliphatic carbocycles. The van der Waals surface area contributed by atoms with Crippen molar-refractivity contribution in [3.05, 3.63) is 24.2 Å². The second-order valence-electron chi connectivity index (χ2n) is 4.18. The first kappa shape index (κ1) is 11.0. The van der Waals surface area contributed by atoms with E-state index in [2.05, 4.69) is 11.0 Å². The lowest BCUT2D eigenvalue weighted by atomic mass is 10.3. The molecule has 3 heteroatoms. The zero-order valence-electron chi connectivity index (χ0n) is 8.99. The SMILES string of the molecule is ClCCCCN(Cc1ccco1)C1CC1. The summed E-state index contributed by atoms with van der Waals surface area (Å²) < 4.78 is 5.38. The van der Waals surface area contributed by atoms with Gasteiger partial charge in [-0.3, -0.25) is 4.90 Å². The monoisotopic (exact) mass is 227 g/mol. The Kier molecular flexibility index (Phi) is 4.09. The van der Waals surface area contributed by atoms with Crippen molar-refractivity contribution in [2.75, 3.05) is 12.4 Å². The van der Waals surface area contributed by atoms with Gasteiger partial charge in [0.2, 0.25) is 0 Å². The lowest BCUT2D eigenvalue weighted by Crippen LogP contribution is -2.26. The summed E-state index contributed by atoms with van der Waals surface area (Å²) in [5.74, 6) is 1.85. The van der Waals surface area contributed by atoms with Crippen molar-refractivity contribution in [1.29, 1.82) is 0 Å². The Morgan fingerprint density at radius 2 is 2.27 bits per heavy atom. The highest BCUT2D eigenvalue weighted by Crippen LogP contribution is 2.28. The van der Waals surface area contributed by atoms with Gasteiger partial charge in [-0.2, -0.15) is 0 Å². The van der Waals surface area contributed by atoms with E-state index >= 15 is 0 Å². The Morgan fingerprint density at radius 1 is 1.40 bits per heavy atom. The number of alkyl halides is 1. The van der Waals surface area contributed by atoms with Crippen LogP contribution in [0, 0.1) is 0 Å². The molecule has 1 aromatic rings. The van der Waals surface area contributed by atoms with E-state index < -0.39 is 0 Å². The lowest BCUT2D eigenvalue weighted by Gasteiger charge is -2.20. The molecule has 0 bridgehead atoms.